The van der Waals surface area contributed by atoms with E-state index in [1.807, 2.05) is 19.9 Å². The maximum atomic E-state index is 10.9. The molecule has 2 aromatic rings. The van der Waals surface area contributed by atoms with Gasteiger partial charge >= 0.3 is 8.03 Å². The molecule has 0 amide bonds. The van der Waals surface area contributed by atoms with Crippen molar-refractivity contribution in [1.29, 1.82) is 0 Å². The van der Waals surface area contributed by atoms with Gasteiger partial charge in [-0.15, -0.1) is 4.52 Å². The Morgan fingerprint density at radius 3 is 2.32 bits per heavy atom. The monoisotopic (exact) mass is 491 g/mol. The zero-order valence-corrected chi connectivity index (χ0v) is 18.0. The van der Waals surface area contributed by atoms with Crippen LogP contribution in [-0.2, 0) is 9.09 Å². The second-order valence-electron chi connectivity index (χ2n) is 5.52. The van der Waals surface area contributed by atoms with E-state index >= 15 is 0 Å². The van der Waals surface area contributed by atoms with E-state index < -0.39 is 8.03 Å². The van der Waals surface area contributed by atoms with Gasteiger partial charge in [0.25, 0.3) is 0 Å². The SMILES string of the molecule is CC(C)c1cc(Oc2c(Br)cc(OCO[P+](C)=O)cc2Br)ccc1O. The van der Waals surface area contributed by atoms with E-state index in [0.717, 1.165) is 5.56 Å². The predicted molar refractivity (Wildman–Crippen MR) is 104 cm³/mol. The summed E-state index contributed by atoms with van der Waals surface area (Å²) in [6.45, 7) is 5.37. The average molecular weight is 493 g/mol. The van der Waals surface area contributed by atoms with Gasteiger partial charge in [0.1, 0.15) is 17.2 Å². The molecule has 8 heteroatoms. The summed E-state index contributed by atoms with van der Waals surface area (Å²) in [6.07, 6.45) is 0. The fraction of sp³-hybridized carbons (Fsp3) is 0.294. The van der Waals surface area contributed by atoms with E-state index in [1.165, 1.54) is 6.66 Å². The van der Waals surface area contributed by atoms with E-state index in [-0.39, 0.29) is 18.5 Å². The summed E-state index contributed by atoms with van der Waals surface area (Å²) in [7, 11) is -1.71. The Hall–Kier alpha value is -1.14. The van der Waals surface area contributed by atoms with Gasteiger partial charge in [-0.25, -0.2) is 0 Å². The fourth-order valence-corrected chi connectivity index (χ4v) is 3.57. The molecule has 1 N–H and O–H groups in total. The molecule has 1 atom stereocenters. The summed E-state index contributed by atoms with van der Waals surface area (Å²) in [4.78, 5) is 0. The van der Waals surface area contributed by atoms with Crippen LogP contribution < -0.4 is 9.47 Å². The number of benzene rings is 2. The number of phenols is 1. The first-order chi connectivity index (χ1) is 11.8. The van der Waals surface area contributed by atoms with Crippen molar-refractivity contribution in [1.82, 2.24) is 0 Å². The third-order valence-electron chi connectivity index (χ3n) is 3.27. The number of phenolic OH excluding ortho intramolecular Hbond substituents is 1. The Morgan fingerprint density at radius 2 is 1.76 bits per heavy atom. The summed E-state index contributed by atoms with van der Waals surface area (Å²) in [5, 5.41) is 9.92. The molecule has 2 rings (SSSR count). The Bertz CT molecular complexity index is 757. The maximum absolute atomic E-state index is 10.9. The second-order valence-corrected chi connectivity index (χ2v) is 8.37. The van der Waals surface area contributed by atoms with Crippen molar-refractivity contribution >= 4 is 39.9 Å². The molecular weight excluding hydrogens is 475 g/mol. The normalized spacial score (nSPS) is 11.5. The zero-order chi connectivity index (χ0) is 18.6. The minimum Gasteiger partial charge on any atom is -0.508 e. The fourth-order valence-electron chi connectivity index (χ4n) is 2.06. The summed E-state index contributed by atoms with van der Waals surface area (Å²) in [5.74, 6) is 2.16. The molecule has 0 spiro atoms. The van der Waals surface area contributed by atoms with Gasteiger partial charge in [0.2, 0.25) is 6.79 Å². The van der Waals surface area contributed by atoms with Crippen LogP contribution in [0, 0.1) is 0 Å². The smallest absolute Gasteiger partial charge is 0.508 e. The molecule has 0 aliphatic heterocycles. The van der Waals surface area contributed by atoms with Crippen molar-refractivity contribution in [2.24, 2.45) is 0 Å². The number of halogens is 2. The maximum Gasteiger partial charge on any atom is 0.508 e. The van der Waals surface area contributed by atoms with Crippen LogP contribution in [0.4, 0.5) is 0 Å². The molecule has 0 bridgehead atoms. The van der Waals surface area contributed by atoms with Crippen LogP contribution in [0.5, 0.6) is 23.0 Å². The lowest BCUT2D eigenvalue weighted by Gasteiger charge is -2.14. The van der Waals surface area contributed by atoms with Crippen molar-refractivity contribution in [3.63, 3.8) is 0 Å². The Balaban J connectivity index is 2.20. The lowest BCUT2D eigenvalue weighted by Crippen LogP contribution is -1.98. The first-order valence-electron chi connectivity index (χ1n) is 7.44. The lowest BCUT2D eigenvalue weighted by molar-refractivity contribution is 0.129. The molecule has 2 aromatic carbocycles. The van der Waals surface area contributed by atoms with Crippen LogP contribution >= 0.6 is 39.9 Å². The molecule has 0 aliphatic rings. The van der Waals surface area contributed by atoms with E-state index in [4.69, 9.17) is 14.0 Å². The quantitative estimate of drug-likeness (QED) is 0.350. The third kappa shape index (κ3) is 5.68. The summed E-state index contributed by atoms with van der Waals surface area (Å²) < 4.78 is 28.5. The molecule has 5 nitrogen and oxygen atoms in total. The largest absolute Gasteiger partial charge is 0.508 e. The number of aromatic hydroxyl groups is 1. The number of ether oxygens (including phenoxy) is 2. The van der Waals surface area contributed by atoms with Crippen LogP contribution in [0.1, 0.15) is 25.3 Å². The third-order valence-corrected chi connectivity index (χ3v) is 4.92. The first kappa shape index (κ1) is 20.2. The summed E-state index contributed by atoms with van der Waals surface area (Å²) >= 11 is 6.91. The Kier molecular flexibility index (Phi) is 7.25. The summed E-state index contributed by atoms with van der Waals surface area (Å²) in [5.41, 5.74) is 0.815. The molecule has 0 saturated heterocycles. The molecule has 0 radical (unpaired) electrons. The minimum absolute atomic E-state index is 0.0967. The van der Waals surface area contributed by atoms with Crippen molar-refractivity contribution < 1.29 is 23.7 Å². The molecule has 0 aromatic heterocycles. The molecule has 0 heterocycles. The number of rotatable bonds is 7. The van der Waals surface area contributed by atoms with Gasteiger partial charge in [-0.05, 0) is 72.7 Å². The average Bonchev–Trinajstić information content (AvgIpc) is 2.51. The highest BCUT2D eigenvalue weighted by atomic mass is 79.9. The van der Waals surface area contributed by atoms with Gasteiger partial charge in [0.15, 0.2) is 12.4 Å². The van der Waals surface area contributed by atoms with Gasteiger partial charge in [-0.2, -0.15) is 0 Å². The first-order valence-corrected chi connectivity index (χ1v) is 10.7. The van der Waals surface area contributed by atoms with Crippen molar-refractivity contribution in [3.8, 4) is 23.0 Å². The van der Waals surface area contributed by atoms with Gasteiger partial charge in [-0.3, -0.25) is 0 Å². The van der Waals surface area contributed by atoms with E-state index in [9.17, 15) is 9.67 Å². The molecule has 0 saturated carbocycles. The zero-order valence-electron chi connectivity index (χ0n) is 14.0. The molecule has 134 valence electrons. The highest BCUT2D eigenvalue weighted by molar-refractivity contribution is 9.11. The highest BCUT2D eigenvalue weighted by Gasteiger charge is 2.14. The minimum atomic E-state index is -1.71. The molecular formula is C17H18Br2O5P+. The Morgan fingerprint density at radius 1 is 1.12 bits per heavy atom. The van der Waals surface area contributed by atoms with Gasteiger partial charge in [-0.1, -0.05) is 13.8 Å². The van der Waals surface area contributed by atoms with E-state index in [1.54, 1.807) is 24.3 Å². The van der Waals surface area contributed by atoms with Crippen molar-refractivity contribution in [3.05, 3.63) is 44.8 Å². The van der Waals surface area contributed by atoms with Crippen LogP contribution in [0.25, 0.3) is 0 Å². The van der Waals surface area contributed by atoms with E-state index in [0.29, 0.717) is 26.2 Å². The molecule has 25 heavy (non-hydrogen) atoms. The number of hydrogen-bond acceptors (Lipinski definition) is 5. The van der Waals surface area contributed by atoms with Crippen molar-refractivity contribution in [2.75, 3.05) is 13.5 Å². The van der Waals surface area contributed by atoms with Gasteiger partial charge in [0.05, 0.1) is 8.95 Å². The topological polar surface area (TPSA) is 65.0 Å². The van der Waals surface area contributed by atoms with Gasteiger partial charge in [0, 0.05) is 5.56 Å². The van der Waals surface area contributed by atoms with Crippen LogP contribution in [-0.4, -0.2) is 18.6 Å². The summed E-state index contributed by atoms with van der Waals surface area (Å²) in [6, 6.07) is 8.60. The highest BCUT2D eigenvalue weighted by Crippen LogP contribution is 2.41. The van der Waals surface area contributed by atoms with Crippen LogP contribution in [0.15, 0.2) is 39.3 Å². The molecule has 0 aliphatic carbocycles. The van der Waals surface area contributed by atoms with Gasteiger partial charge < -0.3 is 14.6 Å². The van der Waals surface area contributed by atoms with Crippen LogP contribution in [0.2, 0.25) is 0 Å². The Labute approximate surface area is 164 Å². The van der Waals surface area contributed by atoms with Crippen molar-refractivity contribution in [2.45, 2.75) is 19.8 Å². The van der Waals surface area contributed by atoms with E-state index in [2.05, 4.69) is 31.9 Å². The molecule has 0 fully saturated rings. The molecule has 1 unspecified atom stereocenters. The number of hydrogen-bond donors (Lipinski definition) is 1. The predicted octanol–water partition coefficient (Wildman–Crippen LogP) is 6.56. The standard InChI is InChI=1S/C17H17Br2O5P/c1-10(2)13-6-11(4-5-16(13)20)24-17-14(18)7-12(8-15(17)19)22-9-23-25(3)21/h4-8,10H,9H2,1-3H3/p+1. The van der Waals surface area contributed by atoms with Crippen LogP contribution in [0.3, 0.4) is 0 Å². The second kappa shape index (κ2) is 8.99. The lowest BCUT2D eigenvalue weighted by atomic mass is 10.0.